The zero-order valence-electron chi connectivity index (χ0n) is 17.8. The molecule has 3 rings (SSSR count). The van der Waals surface area contributed by atoms with Crippen LogP contribution in [0.3, 0.4) is 0 Å². The van der Waals surface area contributed by atoms with E-state index >= 15 is 0 Å². The van der Waals surface area contributed by atoms with Gasteiger partial charge < -0.3 is 15.3 Å². The molecule has 5 nitrogen and oxygen atoms in total. The number of aryl methyl sites for hydroxylation is 1. The summed E-state index contributed by atoms with van der Waals surface area (Å²) in [6.07, 6.45) is 8.93. The van der Waals surface area contributed by atoms with Crippen LogP contribution in [-0.4, -0.2) is 39.3 Å². The molecule has 3 N–H and O–H groups in total. The van der Waals surface area contributed by atoms with Crippen LogP contribution in [0.5, 0.6) is 0 Å². The largest absolute Gasteiger partial charge is 0.481 e. The van der Waals surface area contributed by atoms with E-state index in [9.17, 15) is 19.8 Å². The maximum atomic E-state index is 12.3. The minimum absolute atomic E-state index is 0.0221. The van der Waals surface area contributed by atoms with Gasteiger partial charge in [-0.25, -0.2) is 0 Å². The molecule has 1 aliphatic carbocycles. The number of ketones is 1. The third-order valence-electron chi connectivity index (χ3n) is 5.88. The van der Waals surface area contributed by atoms with E-state index in [1.54, 1.807) is 23.5 Å². The number of carbonyl (C=O) groups excluding carboxylic acids is 1. The van der Waals surface area contributed by atoms with Crippen molar-refractivity contribution < 1.29 is 24.9 Å². The van der Waals surface area contributed by atoms with Crippen molar-refractivity contribution in [3.05, 3.63) is 58.5 Å². The third-order valence-corrected chi connectivity index (χ3v) is 7.65. The van der Waals surface area contributed by atoms with E-state index in [2.05, 4.69) is 0 Å². The molecule has 7 heteroatoms. The van der Waals surface area contributed by atoms with Crippen LogP contribution in [0.2, 0.25) is 5.02 Å². The number of aliphatic hydroxyl groups excluding tert-OH is 2. The number of carboxylic acid groups (broad SMARTS) is 1. The number of hydrogen-bond donors (Lipinski definition) is 3. The fourth-order valence-corrected chi connectivity index (χ4v) is 5.66. The molecule has 1 heterocycles. The van der Waals surface area contributed by atoms with Crippen LogP contribution in [0.15, 0.2) is 48.6 Å². The highest BCUT2D eigenvalue weighted by molar-refractivity contribution is 7.19. The van der Waals surface area contributed by atoms with E-state index in [1.165, 1.54) is 0 Å². The van der Waals surface area contributed by atoms with Crippen LogP contribution in [0.1, 0.15) is 43.4 Å². The second-order valence-corrected chi connectivity index (χ2v) is 9.76. The summed E-state index contributed by atoms with van der Waals surface area (Å²) in [6, 6.07) is 7.96. The predicted molar refractivity (Wildman–Crippen MR) is 128 cm³/mol. The summed E-state index contributed by atoms with van der Waals surface area (Å²) in [5.74, 6) is -1.44. The number of fused-ring (bicyclic) bond motifs is 1. The molecule has 1 fully saturated rings. The predicted octanol–water partition coefficient (Wildman–Crippen LogP) is 5.17. The molecule has 0 radical (unpaired) electrons. The molecular weight excluding hydrogens is 448 g/mol. The van der Waals surface area contributed by atoms with Crippen molar-refractivity contribution in [3.63, 3.8) is 0 Å². The lowest BCUT2D eigenvalue weighted by Gasteiger charge is -2.16. The number of benzene rings is 1. The number of halogens is 1. The second-order valence-electron chi connectivity index (χ2n) is 8.24. The van der Waals surface area contributed by atoms with E-state index in [-0.39, 0.29) is 30.5 Å². The van der Waals surface area contributed by atoms with Crippen LogP contribution in [-0.2, 0) is 16.0 Å². The zero-order valence-corrected chi connectivity index (χ0v) is 19.4. The molecule has 0 saturated heterocycles. The zero-order chi connectivity index (χ0) is 23.1. The van der Waals surface area contributed by atoms with Gasteiger partial charge >= 0.3 is 5.97 Å². The lowest BCUT2D eigenvalue weighted by atomic mass is 9.90. The molecule has 0 bridgehead atoms. The molecule has 1 saturated carbocycles. The summed E-state index contributed by atoms with van der Waals surface area (Å²) in [7, 11) is 0. The standard InChI is InChI=1S/C25H29ClO5S/c26-25-19-8-5-6-9-22(19)32-23(25)14-12-16(27)11-13-18-17(20(28)15-21(18)29)7-3-1-2-4-10-24(30)31/h1,3,5-6,8-9,11,13,16-18,21,27,29H,2,4,7,10,12,14-15H2,(H,30,31)/t16?,17-,18-,21-/m1/s1. The Labute approximate surface area is 197 Å². The number of unbranched alkanes of at least 4 members (excludes halogenated alkanes) is 1. The van der Waals surface area contributed by atoms with Gasteiger partial charge in [-0.2, -0.15) is 0 Å². The van der Waals surface area contributed by atoms with Crippen LogP contribution in [0.4, 0.5) is 0 Å². The fourth-order valence-electron chi connectivity index (χ4n) is 4.12. The smallest absolute Gasteiger partial charge is 0.303 e. The van der Waals surface area contributed by atoms with Crippen LogP contribution < -0.4 is 0 Å². The average molecular weight is 477 g/mol. The number of Topliss-reactive ketones (excluding diaryl/α,β-unsaturated/α-hetero) is 1. The second kappa shape index (κ2) is 11.8. The first-order valence-electron chi connectivity index (χ1n) is 11.0. The van der Waals surface area contributed by atoms with Crippen LogP contribution in [0, 0.1) is 11.8 Å². The molecule has 0 spiro atoms. The highest BCUT2D eigenvalue weighted by atomic mass is 35.5. The van der Waals surface area contributed by atoms with E-state index in [4.69, 9.17) is 16.7 Å². The molecule has 4 atom stereocenters. The highest BCUT2D eigenvalue weighted by Crippen LogP contribution is 2.36. The van der Waals surface area contributed by atoms with Crippen molar-refractivity contribution in [3.8, 4) is 0 Å². The van der Waals surface area contributed by atoms with Crippen molar-refractivity contribution in [2.24, 2.45) is 11.8 Å². The van der Waals surface area contributed by atoms with E-state index in [1.807, 2.05) is 36.4 Å². The minimum Gasteiger partial charge on any atom is -0.481 e. The summed E-state index contributed by atoms with van der Waals surface area (Å²) in [5.41, 5.74) is 0. The molecule has 1 aliphatic rings. The van der Waals surface area contributed by atoms with Crippen molar-refractivity contribution in [1.29, 1.82) is 0 Å². The first-order chi connectivity index (χ1) is 15.4. The Bertz CT molecular complexity index is 995. The summed E-state index contributed by atoms with van der Waals surface area (Å²) < 4.78 is 1.13. The van der Waals surface area contributed by atoms with Gasteiger partial charge in [-0.15, -0.1) is 11.3 Å². The number of aliphatic carboxylic acids is 1. The highest BCUT2D eigenvalue weighted by Gasteiger charge is 2.39. The molecule has 172 valence electrons. The quantitative estimate of drug-likeness (QED) is 0.307. The Morgan fingerprint density at radius 3 is 2.81 bits per heavy atom. The number of carbonyl (C=O) groups is 2. The SMILES string of the molecule is O=C(O)CCCC=CC[C@H]1C(=O)C[C@@H](O)[C@@H]1C=CC(O)CCc1sc2ccccc2c1Cl. The molecule has 32 heavy (non-hydrogen) atoms. The molecule has 1 aromatic heterocycles. The Hall–Kier alpha value is -1.99. The average Bonchev–Trinajstić information content (AvgIpc) is 3.22. The van der Waals surface area contributed by atoms with Gasteiger partial charge in [0, 0.05) is 39.6 Å². The van der Waals surface area contributed by atoms with Gasteiger partial charge in [0.1, 0.15) is 5.78 Å². The Morgan fingerprint density at radius 2 is 2.06 bits per heavy atom. The Morgan fingerprint density at radius 1 is 1.28 bits per heavy atom. The fraction of sp³-hybridized carbons (Fsp3) is 0.440. The number of hydrogen-bond acceptors (Lipinski definition) is 5. The van der Waals surface area contributed by atoms with Gasteiger partial charge in [-0.3, -0.25) is 9.59 Å². The number of rotatable bonds is 11. The van der Waals surface area contributed by atoms with Gasteiger partial charge in [0.15, 0.2) is 0 Å². The Kier molecular flexibility index (Phi) is 9.05. The summed E-state index contributed by atoms with van der Waals surface area (Å²) >= 11 is 8.11. The monoisotopic (exact) mass is 476 g/mol. The molecule has 2 aromatic rings. The number of thiophene rings is 1. The maximum absolute atomic E-state index is 12.3. The van der Waals surface area contributed by atoms with Crippen LogP contribution in [0.25, 0.3) is 10.1 Å². The van der Waals surface area contributed by atoms with Crippen LogP contribution >= 0.6 is 22.9 Å². The first-order valence-corrected chi connectivity index (χ1v) is 12.2. The third kappa shape index (κ3) is 6.51. The van der Waals surface area contributed by atoms with Gasteiger partial charge in [-0.05, 0) is 38.2 Å². The van der Waals surface area contributed by atoms with Gasteiger partial charge in [-0.1, -0.05) is 54.1 Å². The van der Waals surface area contributed by atoms with E-state index in [0.29, 0.717) is 32.1 Å². The van der Waals surface area contributed by atoms with Crippen molar-refractivity contribution in [2.75, 3.05) is 0 Å². The molecule has 1 unspecified atom stereocenters. The van der Waals surface area contributed by atoms with Gasteiger partial charge in [0.25, 0.3) is 0 Å². The molecule has 1 aromatic carbocycles. The summed E-state index contributed by atoms with van der Waals surface area (Å²) in [5, 5.41) is 31.2. The summed E-state index contributed by atoms with van der Waals surface area (Å²) in [4.78, 5) is 23.9. The summed E-state index contributed by atoms with van der Waals surface area (Å²) in [6.45, 7) is 0. The lowest BCUT2D eigenvalue weighted by Crippen LogP contribution is -2.19. The normalized spacial score (nSPS) is 22.5. The van der Waals surface area contributed by atoms with Gasteiger partial charge in [0.05, 0.1) is 17.2 Å². The number of aliphatic hydroxyl groups is 2. The number of carboxylic acids is 1. The Balaban J connectivity index is 1.53. The molecular formula is C25H29ClO5S. The first kappa shape index (κ1) is 24.6. The van der Waals surface area contributed by atoms with Crippen molar-refractivity contribution in [1.82, 2.24) is 0 Å². The lowest BCUT2D eigenvalue weighted by molar-refractivity contribution is -0.137. The van der Waals surface area contributed by atoms with Crippen molar-refractivity contribution >= 4 is 44.8 Å². The van der Waals surface area contributed by atoms with Crippen molar-refractivity contribution in [2.45, 2.75) is 57.2 Å². The van der Waals surface area contributed by atoms with E-state index in [0.717, 1.165) is 20.0 Å². The van der Waals surface area contributed by atoms with Gasteiger partial charge in [0.2, 0.25) is 0 Å². The van der Waals surface area contributed by atoms with E-state index < -0.39 is 18.2 Å². The topological polar surface area (TPSA) is 94.8 Å². The maximum Gasteiger partial charge on any atom is 0.303 e. The molecule has 0 aliphatic heterocycles. The number of allylic oxidation sites excluding steroid dienone is 2. The molecule has 0 amide bonds. The minimum atomic E-state index is -0.814.